The van der Waals surface area contributed by atoms with Crippen LogP contribution in [0.5, 0.6) is 0 Å². The summed E-state index contributed by atoms with van der Waals surface area (Å²) in [5.41, 5.74) is 2.91. The molecule has 2 amide bonds. The van der Waals surface area contributed by atoms with E-state index in [0.29, 0.717) is 22.9 Å². The standard InChI is InChI=1S/C20H20ClN5O2.ClH/c1-22-19(27)12-2-4-16(21)14(9-12)11-3-5-17-15(8-11)18(26-25-17)24-20(28)13-6-7-23-10-13;/h2-5,8-9,13,23H,6-7,10H2,1H3,(H,22,27)(H2,24,25,26,28);1H/t13-;/m1./s1. The Labute approximate surface area is 179 Å². The minimum Gasteiger partial charge on any atom is -0.355 e. The van der Waals surface area contributed by atoms with E-state index in [0.717, 1.165) is 35.0 Å². The van der Waals surface area contributed by atoms with Gasteiger partial charge in [0.1, 0.15) is 0 Å². The van der Waals surface area contributed by atoms with Crippen molar-refractivity contribution >= 4 is 52.5 Å². The Morgan fingerprint density at radius 2 is 2.03 bits per heavy atom. The van der Waals surface area contributed by atoms with Gasteiger partial charge in [-0.1, -0.05) is 17.7 Å². The Balaban J connectivity index is 0.00000240. The third-order valence-electron chi connectivity index (χ3n) is 5.00. The molecule has 1 fully saturated rings. The highest BCUT2D eigenvalue weighted by atomic mass is 35.5. The molecule has 4 rings (SSSR count). The highest BCUT2D eigenvalue weighted by Gasteiger charge is 2.23. The fourth-order valence-electron chi connectivity index (χ4n) is 3.41. The lowest BCUT2D eigenvalue weighted by atomic mass is 10.0. The molecule has 2 heterocycles. The Kier molecular flexibility index (Phi) is 6.42. The third-order valence-corrected chi connectivity index (χ3v) is 5.33. The number of halogens is 2. The fourth-order valence-corrected chi connectivity index (χ4v) is 3.63. The van der Waals surface area contributed by atoms with E-state index in [1.165, 1.54) is 0 Å². The van der Waals surface area contributed by atoms with Gasteiger partial charge in [0.05, 0.1) is 11.4 Å². The molecule has 3 aromatic rings. The molecule has 29 heavy (non-hydrogen) atoms. The molecular formula is C20H21Cl2N5O2. The first-order valence-corrected chi connectivity index (χ1v) is 9.46. The first kappa shape index (κ1) is 21.1. The Morgan fingerprint density at radius 3 is 2.76 bits per heavy atom. The quantitative estimate of drug-likeness (QED) is 0.507. The van der Waals surface area contributed by atoms with Crippen molar-refractivity contribution in [1.29, 1.82) is 0 Å². The molecule has 0 bridgehead atoms. The highest BCUT2D eigenvalue weighted by molar-refractivity contribution is 6.33. The Hall–Kier alpha value is -2.61. The van der Waals surface area contributed by atoms with E-state index in [9.17, 15) is 9.59 Å². The molecule has 1 aromatic heterocycles. The minimum atomic E-state index is -0.180. The number of aromatic nitrogens is 2. The van der Waals surface area contributed by atoms with Gasteiger partial charge in [-0.05, 0) is 48.9 Å². The van der Waals surface area contributed by atoms with Crippen LogP contribution < -0.4 is 16.0 Å². The van der Waals surface area contributed by atoms with Crippen LogP contribution in [0.15, 0.2) is 36.4 Å². The van der Waals surface area contributed by atoms with Gasteiger partial charge in [-0.25, -0.2) is 0 Å². The second-order valence-electron chi connectivity index (χ2n) is 6.79. The zero-order valence-corrected chi connectivity index (χ0v) is 17.3. The van der Waals surface area contributed by atoms with E-state index in [1.54, 1.807) is 25.2 Å². The number of nitrogens with zero attached hydrogens (tertiary/aromatic N) is 1. The molecular weight excluding hydrogens is 413 g/mol. The number of anilines is 1. The second kappa shape index (κ2) is 8.82. The van der Waals surface area contributed by atoms with Crippen LogP contribution in [0.3, 0.4) is 0 Å². The summed E-state index contributed by atoms with van der Waals surface area (Å²) in [5, 5.41) is 17.2. The number of nitrogens with one attached hydrogen (secondary N) is 4. The molecule has 2 aromatic carbocycles. The van der Waals surface area contributed by atoms with Crippen LogP contribution >= 0.6 is 24.0 Å². The topological polar surface area (TPSA) is 98.9 Å². The molecule has 0 saturated carbocycles. The number of benzene rings is 2. The summed E-state index contributed by atoms with van der Waals surface area (Å²) in [6.07, 6.45) is 0.821. The lowest BCUT2D eigenvalue weighted by Gasteiger charge is -2.09. The molecule has 0 radical (unpaired) electrons. The molecule has 7 nitrogen and oxygen atoms in total. The number of amides is 2. The van der Waals surface area contributed by atoms with E-state index < -0.39 is 0 Å². The average Bonchev–Trinajstić information content (AvgIpc) is 3.38. The molecule has 0 unspecified atom stereocenters. The predicted molar refractivity (Wildman–Crippen MR) is 117 cm³/mol. The van der Waals surface area contributed by atoms with Crippen LogP contribution in [0.2, 0.25) is 5.02 Å². The molecule has 0 aliphatic carbocycles. The van der Waals surface area contributed by atoms with E-state index in [4.69, 9.17) is 11.6 Å². The predicted octanol–water partition coefficient (Wildman–Crippen LogP) is 3.21. The van der Waals surface area contributed by atoms with Gasteiger partial charge in [-0.15, -0.1) is 12.4 Å². The summed E-state index contributed by atoms with van der Waals surface area (Å²) >= 11 is 6.38. The lowest BCUT2D eigenvalue weighted by molar-refractivity contribution is -0.119. The molecule has 4 N–H and O–H groups in total. The molecule has 1 aliphatic heterocycles. The molecule has 9 heteroatoms. The van der Waals surface area contributed by atoms with Gasteiger partial charge >= 0.3 is 0 Å². The number of H-pyrrole nitrogens is 1. The zero-order chi connectivity index (χ0) is 19.7. The Morgan fingerprint density at radius 1 is 1.21 bits per heavy atom. The van der Waals surface area contributed by atoms with Crippen LogP contribution in [-0.4, -0.2) is 42.1 Å². The zero-order valence-electron chi connectivity index (χ0n) is 15.7. The molecule has 152 valence electrons. The van der Waals surface area contributed by atoms with E-state index >= 15 is 0 Å². The van der Waals surface area contributed by atoms with Crippen molar-refractivity contribution in [2.75, 3.05) is 25.5 Å². The molecule has 1 atom stereocenters. The van der Waals surface area contributed by atoms with Gasteiger partial charge < -0.3 is 16.0 Å². The van der Waals surface area contributed by atoms with E-state index in [2.05, 4.69) is 26.1 Å². The number of hydrogen-bond acceptors (Lipinski definition) is 4. The second-order valence-corrected chi connectivity index (χ2v) is 7.19. The fraction of sp³-hybridized carbons (Fsp3) is 0.250. The number of hydrogen-bond donors (Lipinski definition) is 4. The smallest absolute Gasteiger partial charge is 0.251 e. The molecule has 0 spiro atoms. The lowest BCUT2D eigenvalue weighted by Crippen LogP contribution is -2.24. The summed E-state index contributed by atoms with van der Waals surface area (Å²) in [5.74, 6) is 0.227. The molecule has 1 saturated heterocycles. The number of rotatable bonds is 4. The SMILES string of the molecule is CNC(=O)c1ccc(Cl)c(-c2ccc3[nH]nc(NC(=O)[C@@H]4CCNC4)c3c2)c1.Cl. The average molecular weight is 434 g/mol. The van der Waals surface area contributed by atoms with Crippen LogP contribution in [0, 0.1) is 5.92 Å². The number of aromatic amines is 1. The summed E-state index contributed by atoms with van der Waals surface area (Å²) in [6, 6.07) is 10.8. The number of fused-ring (bicyclic) bond motifs is 1. The third kappa shape index (κ3) is 4.22. The maximum Gasteiger partial charge on any atom is 0.251 e. The number of carbonyl (C=O) groups is 2. The molecule has 1 aliphatic rings. The van der Waals surface area contributed by atoms with E-state index in [1.807, 2.05) is 18.2 Å². The first-order valence-electron chi connectivity index (χ1n) is 9.08. The van der Waals surface area contributed by atoms with Crippen molar-refractivity contribution in [3.8, 4) is 11.1 Å². The van der Waals surface area contributed by atoms with Crippen LogP contribution in [0.25, 0.3) is 22.0 Å². The summed E-state index contributed by atoms with van der Waals surface area (Å²) in [4.78, 5) is 24.4. The van der Waals surface area contributed by atoms with Crippen molar-refractivity contribution in [3.63, 3.8) is 0 Å². The van der Waals surface area contributed by atoms with Gasteiger partial charge in [0.15, 0.2) is 5.82 Å². The van der Waals surface area contributed by atoms with E-state index in [-0.39, 0.29) is 30.1 Å². The van der Waals surface area contributed by atoms with Crippen LogP contribution in [0.4, 0.5) is 5.82 Å². The van der Waals surface area contributed by atoms with Crippen molar-refractivity contribution < 1.29 is 9.59 Å². The maximum absolute atomic E-state index is 12.4. The summed E-state index contributed by atoms with van der Waals surface area (Å²) < 4.78 is 0. The van der Waals surface area contributed by atoms with Crippen molar-refractivity contribution in [2.24, 2.45) is 5.92 Å². The normalized spacial score (nSPS) is 15.7. The maximum atomic E-state index is 12.4. The van der Waals surface area contributed by atoms with Gasteiger partial charge in [0.2, 0.25) is 5.91 Å². The van der Waals surface area contributed by atoms with Crippen LogP contribution in [0.1, 0.15) is 16.8 Å². The van der Waals surface area contributed by atoms with Crippen molar-refractivity contribution in [2.45, 2.75) is 6.42 Å². The Bertz CT molecular complexity index is 1060. The highest BCUT2D eigenvalue weighted by Crippen LogP contribution is 2.33. The van der Waals surface area contributed by atoms with Gasteiger partial charge in [0, 0.05) is 35.1 Å². The van der Waals surface area contributed by atoms with Gasteiger partial charge in [0.25, 0.3) is 5.91 Å². The minimum absolute atomic E-state index is 0. The first-order chi connectivity index (χ1) is 13.6. The monoisotopic (exact) mass is 433 g/mol. The van der Waals surface area contributed by atoms with Crippen molar-refractivity contribution in [3.05, 3.63) is 47.0 Å². The van der Waals surface area contributed by atoms with Gasteiger partial charge in [-0.3, -0.25) is 14.7 Å². The van der Waals surface area contributed by atoms with Gasteiger partial charge in [-0.2, -0.15) is 5.10 Å². The largest absolute Gasteiger partial charge is 0.355 e. The van der Waals surface area contributed by atoms with Crippen molar-refractivity contribution in [1.82, 2.24) is 20.8 Å². The summed E-state index contributed by atoms with van der Waals surface area (Å²) in [7, 11) is 1.59. The summed E-state index contributed by atoms with van der Waals surface area (Å²) in [6.45, 7) is 1.53. The van der Waals surface area contributed by atoms with Crippen LogP contribution in [-0.2, 0) is 4.79 Å². The number of carbonyl (C=O) groups excluding carboxylic acids is 2.